The van der Waals surface area contributed by atoms with E-state index in [1.165, 1.54) is 44.3 Å². The van der Waals surface area contributed by atoms with E-state index in [1.807, 2.05) is 17.0 Å². The Balaban J connectivity index is 1.32. The molecule has 0 saturated carbocycles. The minimum absolute atomic E-state index is 0.158. The van der Waals surface area contributed by atoms with Crippen molar-refractivity contribution in [1.82, 2.24) is 14.7 Å². The van der Waals surface area contributed by atoms with Crippen LogP contribution in [0.4, 0.5) is 0 Å². The molecule has 1 amide bonds. The first-order valence-electron chi connectivity index (χ1n) is 11.5. The van der Waals surface area contributed by atoms with Gasteiger partial charge >= 0.3 is 0 Å². The average Bonchev–Trinajstić information content (AvgIpc) is 2.96. The fraction of sp³-hybridized carbons (Fsp3) is 0.708. The van der Waals surface area contributed by atoms with Gasteiger partial charge in [0.15, 0.2) is 0 Å². The SMILES string of the molecule is CN1CC(O)CC2(CCN(C(=O)c3ccc(CN4CCCCCC4)cc3)CC2)C1. The Morgan fingerprint density at radius 2 is 1.69 bits per heavy atom. The molecule has 0 bridgehead atoms. The largest absolute Gasteiger partial charge is 0.392 e. The molecule has 3 fully saturated rings. The van der Waals surface area contributed by atoms with Crippen molar-refractivity contribution in [2.24, 2.45) is 5.41 Å². The van der Waals surface area contributed by atoms with E-state index in [2.05, 4.69) is 29.0 Å². The highest BCUT2D eigenvalue weighted by Gasteiger charge is 2.41. The Bertz CT molecular complexity index is 662. The molecule has 4 rings (SSSR count). The number of piperidine rings is 2. The molecule has 0 aliphatic carbocycles. The average molecular weight is 400 g/mol. The normalized spacial score (nSPS) is 26.4. The van der Waals surface area contributed by atoms with Gasteiger partial charge in [0, 0.05) is 38.3 Å². The maximum Gasteiger partial charge on any atom is 0.253 e. The fourth-order valence-corrected chi connectivity index (χ4v) is 5.66. The summed E-state index contributed by atoms with van der Waals surface area (Å²) in [6, 6.07) is 8.29. The zero-order valence-electron chi connectivity index (χ0n) is 18.0. The van der Waals surface area contributed by atoms with Crippen molar-refractivity contribution >= 4 is 5.91 Å². The molecule has 3 heterocycles. The van der Waals surface area contributed by atoms with Crippen LogP contribution >= 0.6 is 0 Å². The van der Waals surface area contributed by atoms with Crippen LogP contribution in [0.3, 0.4) is 0 Å². The van der Waals surface area contributed by atoms with Crippen LogP contribution < -0.4 is 0 Å². The molecular weight excluding hydrogens is 362 g/mol. The standard InChI is InChI=1S/C24H37N3O2/c1-25-18-22(28)16-24(19-25)10-14-27(15-11-24)23(29)21-8-6-20(7-9-21)17-26-12-4-2-3-5-13-26/h6-9,22,28H,2-5,10-19H2,1H3. The number of rotatable bonds is 3. The molecule has 3 aliphatic rings. The minimum atomic E-state index is -0.229. The van der Waals surface area contributed by atoms with E-state index in [0.717, 1.165) is 57.5 Å². The topological polar surface area (TPSA) is 47.0 Å². The molecule has 5 heteroatoms. The highest BCUT2D eigenvalue weighted by atomic mass is 16.3. The smallest absolute Gasteiger partial charge is 0.253 e. The second kappa shape index (κ2) is 9.15. The number of carbonyl (C=O) groups is 1. The Morgan fingerprint density at radius 3 is 2.31 bits per heavy atom. The maximum atomic E-state index is 13.0. The first kappa shape index (κ1) is 20.8. The Kier molecular flexibility index (Phi) is 6.57. The van der Waals surface area contributed by atoms with Gasteiger partial charge in [-0.05, 0) is 75.4 Å². The molecule has 3 saturated heterocycles. The molecule has 1 atom stereocenters. The minimum Gasteiger partial charge on any atom is -0.392 e. The second-order valence-electron chi connectivity index (χ2n) is 9.73. The van der Waals surface area contributed by atoms with Crippen molar-refractivity contribution in [1.29, 1.82) is 0 Å². The summed E-state index contributed by atoms with van der Waals surface area (Å²) in [6.45, 7) is 6.80. The number of nitrogens with zero attached hydrogens (tertiary/aromatic N) is 3. The number of hydrogen-bond acceptors (Lipinski definition) is 4. The van der Waals surface area contributed by atoms with Crippen LogP contribution in [0.1, 0.15) is 60.9 Å². The van der Waals surface area contributed by atoms with Crippen LogP contribution in [0.5, 0.6) is 0 Å². The van der Waals surface area contributed by atoms with Crippen molar-refractivity contribution in [3.8, 4) is 0 Å². The number of aliphatic hydroxyl groups is 1. The predicted octanol–water partition coefficient (Wildman–Crippen LogP) is 2.98. The number of likely N-dealkylation sites (tertiary alicyclic amines) is 3. The molecule has 1 N–H and O–H groups in total. The summed E-state index contributed by atoms with van der Waals surface area (Å²) in [6.07, 6.45) is 7.96. The number of amides is 1. The van der Waals surface area contributed by atoms with Crippen molar-refractivity contribution < 1.29 is 9.90 Å². The monoisotopic (exact) mass is 399 g/mol. The van der Waals surface area contributed by atoms with Crippen LogP contribution in [0.15, 0.2) is 24.3 Å². The van der Waals surface area contributed by atoms with Gasteiger partial charge in [-0.2, -0.15) is 0 Å². The number of β-amino-alcohol motifs (C(OH)–C–C–N with tert-alkyl or cyclic N) is 1. The van der Waals surface area contributed by atoms with Crippen molar-refractivity contribution in [3.05, 3.63) is 35.4 Å². The third-order valence-electron chi connectivity index (χ3n) is 7.21. The number of likely N-dealkylation sites (N-methyl/N-ethyl adjacent to an activating group) is 1. The van der Waals surface area contributed by atoms with E-state index in [9.17, 15) is 9.90 Å². The van der Waals surface area contributed by atoms with E-state index < -0.39 is 0 Å². The maximum absolute atomic E-state index is 13.0. The van der Waals surface area contributed by atoms with E-state index in [-0.39, 0.29) is 17.4 Å². The summed E-state index contributed by atoms with van der Waals surface area (Å²) in [5.41, 5.74) is 2.29. The van der Waals surface area contributed by atoms with Gasteiger partial charge in [0.25, 0.3) is 5.91 Å². The third kappa shape index (κ3) is 5.19. The van der Waals surface area contributed by atoms with Gasteiger partial charge in [0.2, 0.25) is 0 Å². The molecule has 29 heavy (non-hydrogen) atoms. The summed E-state index contributed by atoms with van der Waals surface area (Å²) in [7, 11) is 2.09. The molecule has 3 aliphatic heterocycles. The molecule has 5 nitrogen and oxygen atoms in total. The van der Waals surface area contributed by atoms with Gasteiger partial charge in [0.1, 0.15) is 0 Å². The lowest BCUT2D eigenvalue weighted by molar-refractivity contribution is -0.0286. The predicted molar refractivity (Wildman–Crippen MR) is 116 cm³/mol. The lowest BCUT2D eigenvalue weighted by Crippen LogP contribution is -2.53. The highest BCUT2D eigenvalue weighted by Crippen LogP contribution is 2.39. The lowest BCUT2D eigenvalue weighted by Gasteiger charge is -2.48. The number of hydrogen-bond donors (Lipinski definition) is 1. The van der Waals surface area contributed by atoms with E-state index in [1.54, 1.807) is 0 Å². The summed E-state index contributed by atoms with van der Waals surface area (Å²) >= 11 is 0. The lowest BCUT2D eigenvalue weighted by atomic mass is 9.71. The fourth-order valence-electron chi connectivity index (χ4n) is 5.66. The number of benzene rings is 1. The first-order chi connectivity index (χ1) is 14.0. The van der Waals surface area contributed by atoms with Gasteiger partial charge < -0.3 is 14.9 Å². The van der Waals surface area contributed by atoms with Crippen LogP contribution in [-0.2, 0) is 6.54 Å². The van der Waals surface area contributed by atoms with Crippen LogP contribution in [0.25, 0.3) is 0 Å². The molecule has 1 unspecified atom stereocenters. The highest BCUT2D eigenvalue weighted by molar-refractivity contribution is 5.94. The van der Waals surface area contributed by atoms with Crippen LogP contribution in [-0.4, -0.2) is 78.1 Å². The molecule has 0 aromatic heterocycles. The van der Waals surface area contributed by atoms with E-state index in [0.29, 0.717) is 0 Å². The summed E-state index contributed by atoms with van der Waals surface area (Å²) in [4.78, 5) is 19.8. The third-order valence-corrected chi connectivity index (χ3v) is 7.21. The number of aliphatic hydroxyl groups excluding tert-OH is 1. The molecule has 0 radical (unpaired) electrons. The van der Waals surface area contributed by atoms with Crippen LogP contribution in [0, 0.1) is 5.41 Å². The molecule has 1 spiro atoms. The first-order valence-corrected chi connectivity index (χ1v) is 11.5. The van der Waals surface area contributed by atoms with Gasteiger partial charge in [-0.25, -0.2) is 0 Å². The summed E-state index contributed by atoms with van der Waals surface area (Å²) in [5, 5.41) is 10.2. The Morgan fingerprint density at radius 1 is 1.03 bits per heavy atom. The second-order valence-corrected chi connectivity index (χ2v) is 9.73. The van der Waals surface area contributed by atoms with Crippen molar-refractivity contribution in [3.63, 3.8) is 0 Å². The molecule has 160 valence electrons. The van der Waals surface area contributed by atoms with Gasteiger partial charge in [-0.15, -0.1) is 0 Å². The zero-order chi connectivity index (χ0) is 20.3. The molecule has 1 aromatic carbocycles. The van der Waals surface area contributed by atoms with E-state index in [4.69, 9.17) is 0 Å². The van der Waals surface area contributed by atoms with Crippen molar-refractivity contribution in [2.45, 2.75) is 57.6 Å². The zero-order valence-corrected chi connectivity index (χ0v) is 18.0. The Hall–Kier alpha value is -1.43. The van der Waals surface area contributed by atoms with Crippen molar-refractivity contribution in [2.75, 3.05) is 46.3 Å². The van der Waals surface area contributed by atoms with Gasteiger partial charge in [0.05, 0.1) is 6.10 Å². The Labute approximate surface area is 175 Å². The van der Waals surface area contributed by atoms with Gasteiger partial charge in [-0.3, -0.25) is 9.69 Å². The molecule has 1 aromatic rings. The van der Waals surface area contributed by atoms with Gasteiger partial charge in [-0.1, -0.05) is 25.0 Å². The van der Waals surface area contributed by atoms with E-state index >= 15 is 0 Å². The summed E-state index contributed by atoms with van der Waals surface area (Å²) < 4.78 is 0. The summed E-state index contributed by atoms with van der Waals surface area (Å²) in [5.74, 6) is 0.158. The quantitative estimate of drug-likeness (QED) is 0.849. The van der Waals surface area contributed by atoms with Crippen LogP contribution in [0.2, 0.25) is 0 Å². The number of carbonyl (C=O) groups excluding carboxylic acids is 1. The molecular formula is C24H37N3O2.